The Hall–Kier alpha value is -0.350. The fourth-order valence-electron chi connectivity index (χ4n) is 1.67. The Morgan fingerprint density at radius 1 is 1.38 bits per heavy atom. The standard InChI is InChI=1S/C12H14O3.Na/c13-11(14)12(9-15-12)8-4-7-10-5-2-1-3-6-10;/h1-3,5-6H,4,7-9H2,(H,13,14);/q;+1/p-1. The van der Waals surface area contributed by atoms with E-state index in [2.05, 4.69) is 0 Å². The van der Waals surface area contributed by atoms with Crippen LogP contribution in [0.25, 0.3) is 0 Å². The van der Waals surface area contributed by atoms with Crippen molar-refractivity contribution in [2.75, 3.05) is 6.61 Å². The average molecular weight is 228 g/mol. The van der Waals surface area contributed by atoms with Crippen LogP contribution >= 0.6 is 0 Å². The number of ether oxygens (including phenoxy) is 1. The van der Waals surface area contributed by atoms with E-state index < -0.39 is 11.6 Å². The topological polar surface area (TPSA) is 52.7 Å². The molecule has 1 saturated heterocycles. The number of aryl methyl sites for hydroxylation is 1. The molecule has 0 N–H and O–H groups in total. The molecule has 1 aliphatic rings. The minimum atomic E-state index is -1.07. The van der Waals surface area contributed by atoms with E-state index in [0.29, 0.717) is 13.0 Å². The van der Waals surface area contributed by atoms with Crippen molar-refractivity contribution in [2.24, 2.45) is 0 Å². The van der Waals surface area contributed by atoms with E-state index in [-0.39, 0.29) is 29.6 Å². The fourth-order valence-corrected chi connectivity index (χ4v) is 1.67. The molecule has 80 valence electrons. The predicted octanol–water partition coefficient (Wildman–Crippen LogP) is -2.47. The zero-order chi connectivity index (χ0) is 10.7. The minimum Gasteiger partial charge on any atom is -0.547 e. The molecule has 0 aromatic heterocycles. The summed E-state index contributed by atoms with van der Waals surface area (Å²) in [7, 11) is 0. The molecule has 0 saturated carbocycles. The molecular formula is C12H13NaO3. The van der Waals surface area contributed by atoms with Gasteiger partial charge in [0.2, 0.25) is 0 Å². The molecule has 16 heavy (non-hydrogen) atoms. The van der Waals surface area contributed by atoms with E-state index in [1.165, 1.54) is 5.56 Å². The van der Waals surface area contributed by atoms with Gasteiger partial charge in [0.05, 0.1) is 12.6 Å². The van der Waals surface area contributed by atoms with Gasteiger partial charge in [0.1, 0.15) is 5.60 Å². The number of hydrogen-bond donors (Lipinski definition) is 0. The second-order valence-corrected chi connectivity index (χ2v) is 3.91. The number of carbonyl (C=O) groups excluding carboxylic acids is 1. The van der Waals surface area contributed by atoms with Crippen LogP contribution in [-0.2, 0) is 16.0 Å². The first-order valence-electron chi connectivity index (χ1n) is 5.12. The van der Waals surface area contributed by atoms with Crippen molar-refractivity contribution in [3.05, 3.63) is 35.9 Å². The van der Waals surface area contributed by atoms with E-state index in [1.807, 2.05) is 30.3 Å². The van der Waals surface area contributed by atoms with Crippen molar-refractivity contribution in [1.82, 2.24) is 0 Å². The number of carboxylic acids is 1. The van der Waals surface area contributed by atoms with Crippen molar-refractivity contribution in [3.63, 3.8) is 0 Å². The summed E-state index contributed by atoms with van der Waals surface area (Å²) in [6.45, 7) is 0.310. The molecule has 2 rings (SSSR count). The van der Waals surface area contributed by atoms with Crippen LogP contribution in [0.1, 0.15) is 18.4 Å². The van der Waals surface area contributed by atoms with E-state index >= 15 is 0 Å². The van der Waals surface area contributed by atoms with Gasteiger partial charge in [0.25, 0.3) is 0 Å². The predicted molar refractivity (Wildman–Crippen MR) is 53.1 cm³/mol. The van der Waals surface area contributed by atoms with Gasteiger partial charge in [-0.2, -0.15) is 0 Å². The molecule has 0 aliphatic carbocycles. The molecule has 1 aromatic carbocycles. The SMILES string of the molecule is O=C([O-])C1(CCCc2ccccc2)CO1.[Na+]. The number of hydrogen-bond acceptors (Lipinski definition) is 3. The van der Waals surface area contributed by atoms with Crippen LogP contribution < -0.4 is 34.7 Å². The monoisotopic (exact) mass is 228 g/mol. The third-order valence-electron chi connectivity index (χ3n) is 2.75. The van der Waals surface area contributed by atoms with Gasteiger partial charge < -0.3 is 14.6 Å². The van der Waals surface area contributed by atoms with Crippen LogP contribution in [0.15, 0.2) is 30.3 Å². The van der Waals surface area contributed by atoms with Gasteiger partial charge >= 0.3 is 29.6 Å². The number of aliphatic carboxylic acids is 1. The summed E-state index contributed by atoms with van der Waals surface area (Å²) in [6.07, 6.45) is 2.25. The first-order valence-corrected chi connectivity index (χ1v) is 5.12. The van der Waals surface area contributed by atoms with Gasteiger partial charge in [0, 0.05) is 0 Å². The summed E-state index contributed by atoms with van der Waals surface area (Å²) in [6, 6.07) is 10.0. The quantitative estimate of drug-likeness (QED) is 0.414. The minimum absolute atomic E-state index is 0. The summed E-state index contributed by atoms with van der Waals surface area (Å²) < 4.78 is 4.93. The van der Waals surface area contributed by atoms with Crippen molar-refractivity contribution in [3.8, 4) is 0 Å². The zero-order valence-corrected chi connectivity index (χ0v) is 11.4. The normalized spacial score (nSPS) is 22.2. The number of benzene rings is 1. The third-order valence-corrected chi connectivity index (χ3v) is 2.75. The second-order valence-electron chi connectivity index (χ2n) is 3.91. The Labute approximate surface area is 117 Å². The van der Waals surface area contributed by atoms with Gasteiger partial charge in [-0.15, -0.1) is 0 Å². The molecule has 1 fully saturated rings. The third kappa shape index (κ3) is 3.32. The first kappa shape index (κ1) is 13.7. The van der Waals surface area contributed by atoms with Gasteiger partial charge in [-0.3, -0.25) is 0 Å². The van der Waals surface area contributed by atoms with Crippen LogP contribution in [0, 0.1) is 0 Å². The Morgan fingerprint density at radius 3 is 2.50 bits per heavy atom. The maximum Gasteiger partial charge on any atom is 1.00 e. The number of carbonyl (C=O) groups is 1. The Kier molecular flexibility index (Phi) is 4.99. The average Bonchev–Trinajstić information content (AvgIpc) is 3.01. The van der Waals surface area contributed by atoms with E-state index in [0.717, 1.165) is 12.8 Å². The summed E-state index contributed by atoms with van der Waals surface area (Å²) in [5.74, 6) is -1.07. The summed E-state index contributed by atoms with van der Waals surface area (Å²) in [5, 5.41) is 10.7. The fraction of sp³-hybridized carbons (Fsp3) is 0.417. The van der Waals surface area contributed by atoms with Crippen LogP contribution in [-0.4, -0.2) is 18.2 Å². The molecule has 1 heterocycles. The smallest absolute Gasteiger partial charge is 0.547 e. The Bertz CT molecular complexity index is 347. The molecular weight excluding hydrogens is 215 g/mol. The van der Waals surface area contributed by atoms with Gasteiger partial charge in [-0.05, 0) is 24.8 Å². The van der Waals surface area contributed by atoms with Crippen molar-refractivity contribution < 1.29 is 44.2 Å². The molecule has 0 spiro atoms. The molecule has 4 heteroatoms. The molecule has 1 aliphatic heterocycles. The van der Waals surface area contributed by atoms with Crippen molar-refractivity contribution >= 4 is 5.97 Å². The molecule has 1 aromatic rings. The van der Waals surface area contributed by atoms with E-state index in [4.69, 9.17) is 4.74 Å². The number of rotatable bonds is 5. The molecule has 0 radical (unpaired) electrons. The maximum absolute atomic E-state index is 10.7. The van der Waals surface area contributed by atoms with Crippen molar-refractivity contribution in [1.29, 1.82) is 0 Å². The number of carboxylic acid groups (broad SMARTS) is 1. The molecule has 1 atom stereocenters. The van der Waals surface area contributed by atoms with Crippen LogP contribution in [0.4, 0.5) is 0 Å². The van der Waals surface area contributed by atoms with Gasteiger partial charge in [0.15, 0.2) is 0 Å². The van der Waals surface area contributed by atoms with Gasteiger partial charge in [-0.1, -0.05) is 30.3 Å². The van der Waals surface area contributed by atoms with Crippen molar-refractivity contribution in [2.45, 2.75) is 24.9 Å². The molecule has 0 amide bonds. The number of epoxide rings is 1. The summed E-state index contributed by atoms with van der Waals surface area (Å²) in [4.78, 5) is 10.7. The van der Waals surface area contributed by atoms with E-state index in [1.54, 1.807) is 0 Å². The molecule has 0 bridgehead atoms. The molecule has 1 unspecified atom stereocenters. The maximum atomic E-state index is 10.7. The summed E-state index contributed by atoms with van der Waals surface area (Å²) >= 11 is 0. The summed E-state index contributed by atoms with van der Waals surface area (Å²) in [5.41, 5.74) is 0.265. The second kappa shape index (κ2) is 5.82. The van der Waals surface area contributed by atoms with E-state index in [9.17, 15) is 9.90 Å². The van der Waals surface area contributed by atoms with Gasteiger partial charge in [-0.25, -0.2) is 0 Å². The Balaban J connectivity index is 0.00000128. The largest absolute Gasteiger partial charge is 1.00 e. The first-order chi connectivity index (χ1) is 7.23. The van der Waals surface area contributed by atoms with Crippen LogP contribution in [0.2, 0.25) is 0 Å². The zero-order valence-electron chi connectivity index (χ0n) is 9.44. The Morgan fingerprint density at radius 2 is 2.00 bits per heavy atom. The molecule has 3 nitrogen and oxygen atoms in total. The van der Waals surface area contributed by atoms with Crippen LogP contribution in [0.3, 0.4) is 0 Å². The van der Waals surface area contributed by atoms with Crippen LogP contribution in [0.5, 0.6) is 0 Å².